The number of rotatable bonds is 0. The summed E-state index contributed by atoms with van der Waals surface area (Å²) in [4.78, 5) is 13.1. The van der Waals surface area contributed by atoms with Crippen molar-refractivity contribution in [1.82, 2.24) is 0 Å². The Labute approximate surface area is 84.9 Å². The van der Waals surface area contributed by atoms with Crippen LogP contribution in [0.2, 0.25) is 0 Å². The second kappa shape index (κ2) is 2.22. The van der Waals surface area contributed by atoms with E-state index in [4.69, 9.17) is 12.2 Å². The number of carbonyl (C=O) groups is 1. The summed E-state index contributed by atoms with van der Waals surface area (Å²) >= 11 is 5.46. The van der Waals surface area contributed by atoms with Gasteiger partial charge in [-0.15, -0.1) is 0 Å². The number of hydrogen-bond acceptors (Lipinski definition) is 2. The molecule has 2 aliphatic carbocycles. The van der Waals surface area contributed by atoms with Gasteiger partial charge in [-0.25, -0.2) is 0 Å². The van der Waals surface area contributed by atoms with Crippen molar-refractivity contribution in [2.45, 2.75) is 34.1 Å². The number of hydrogen-bond donors (Lipinski definition) is 0. The van der Waals surface area contributed by atoms with Crippen LogP contribution in [0.4, 0.5) is 0 Å². The third-order valence-corrected chi connectivity index (χ3v) is 4.93. The van der Waals surface area contributed by atoms with E-state index in [0.717, 1.165) is 11.3 Å². The summed E-state index contributed by atoms with van der Waals surface area (Å²) < 4.78 is 0. The third-order valence-electron chi connectivity index (χ3n) is 4.12. The Balaban J connectivity index is 2.49. The number of fused-ring (bicyclic) bond motifs is 2. The summed E-state index contributed by atoms with van der Waals surface area (Å²) in [7, 11) is 0. The molecule has 0 N–H and O–H groups in total. The number of thiocarbonyl (C=S) groups is 1. The summed E-state index contributed by atoms with van der Waals surface area (Å²) in [6, 6.07) is 0. The lowest BCUT2D eigenvalue weighted by atomic mass is 9.66. The van der Waals surface area contributed by atoms with Crippen molar-refractivity contribution in [2.24, 2.45) is 22.7 Å². The highest BCUT2D eigenvalue weighted by atomic mass is 32.1. The van der Waals surface area contributed by atoms with Crippen molar-refractivity contribution in [2.75, 3.05) is 0 Å². The van der Waals surface area contributed by atoms with E-state index < -0.39 is 0 Å². The van der Waals surface area contributed by atoms with Gasteiger partial charge in [0.25, 0.3) is 0 Å². The van der Waals surface area contributed by atoms with Gasteiger partial charge in [-0.1, -0.05) is 39.9 Å². The zero-order chi connectivity index (χ0) is 10.0. The van der Waals surface area contributed by atoms with Gasteiger partial charge >= 0.3 is 0 Å². The van der Waals surface area contributed by atoms with Crippen molar-refractivity contribution in [3.63, 3.8) is 0 Å². The monoisotopic (exact) mass is 196 g/mol. The van der Waals surface area contributed by atoms with Crippen molar-refractivity contribution in [3.05, 3.63) is 0 Å². The second-order valence-corrected chi connectivity index (χ2v) is 5.95. The lowest BCUT2D eigenvalue weighted by Crippen LogP contribution is -2.44. The number of Topliss-reactive ketones (excluding diaryl/α,β-unsaturated/α-hetero) is 1. The molecule has 0 spiro atoms. The summed E-state index contributed by atoms with van der Waals surface area (Å²) in [5.74, 6) is 0.978. The molecule has 2 bridgehead atoms. The fourth-order valence-corrected chi connectivity index (χ4v) is 3.47. The first-order chi connectivity index (χ1) is 5.79. The molecule has 0 aromatic rings. The lowest BCUT2D eigenvalue weighted by molar-refractivity contribution is -0.130. The molecular formula is C11H16OS. The van der Waals surface area contributed by atoms with Crippen LogP contribution in [0.1, 0.15) is 34.1 Å². The van der Waals surface area contributed by atoms with Crippen molar-refractivity contribution >= 4 is 22.9 Å². The van der Waals surface area contributed by atoms with Crippen LogP contribution in [-0.4, -0.2) is 10.6 Å². The molecule has 2 saturated carbocycles. The van der Waals surface area contributed by atoms with Gasteiger partial charge in [0.05, 0.1) is 0 Å². The van der Waals surface area contributed by atoms with Crippen LogP contribution < -0.4 is 0 Å². The maximum absolute atomic E-state index is 12.0. The molecule has 0 aromatic carbocycles. The smallest absolute Gasteiger partial charge is 0.143 e. The highest BCUT2D eigenvalue weighted by molar-refractivity contribution is 7.80. The predicted molar refractivity (Wildman–Crippen MR) is 56.8 cm³/mol. The zero-order valence-corrected chi connectivity index (χ0v) is 9.49. The topological polar surface area (TPSA) is 17.1 Å². The molecule has 1 nitrogen and oxygen atoms in total. The lowest BCUT2D eigenvalue weighted by Gasteiger charge is -2.38. The van der Waals surface area contributed by atoms with Crippen LogP contribution in [0.3, 0.4) is 0 Å². The van der Waals surface area contributed by atoms with E-state index >= 15 is 0 Å². The Kier molecular flexibility index (Phi) is 1.59. The average molecular weight is 196 g/mol. The maximum atomic E-state index is 12.0. The molecule has 2 unspecified atom stereocenters. The molecule has 0 saturated heterocycles. The van der Waals surface area contributed by atoms with Gasteiger partial charge in [0.1, 0.15) is 5.78 Å². The fraction of sp³-hybridized carbons (Fsp3) is 0.818. The molecule has 2 heteroatoms. The second-order valence-electron chi connectivity index (χ2n) is 5.51. The van der Waals surface area contributed by atoms with Crippen LogP contribution in [0.15, 0.2) is 0 Å². The van der Waals surface area contributed by atoms with Crippen LogP contribution in [0.25, 0.3) is 0 Å². The Morgan fingerprint density at radius 1 is 1.15 bits per heavy atom. The van der Waals surface area contributed by atoms with Gasteiger partial charge in [-0.3, -0.25) is 4.79 Å². The molecule has 0 amide bonds. The molecule has 2 rings (SSSR count). The Morgan fingerprint density at radius 3 is 2.08 bits per heavy atom. The minimum Gasteiger partial charge on any atom is -0.299 e. The third kappa shape index (κ3) is 0.876. The predicted octanol–water partition coefficient (Wildman–Crippen LogP) is 2.63. The average Bonchev–Trinajstić information content (AvgIpc) is 2.35. The van der Waals surface area contributed by atoms with Gasteiger partial charge in [0, 0.05) is 27.5 Å². The van der Waals surface area contributed by atoms with E-state index in [-0.39, 0.29) is 16.7 Å². The van der Waals surface area contributed by atoms with Gasteiger partial charge in [0.2, 0.25) is 0 Å². The van der Waals surface area contributed by atoms with E-state index in [2.05, 4.69) is 13.8 Å². The molecule has 2 fully saturated rings. The summed E-state index contributed by atoms with van der Waals surface area (Å²) in [6.45, 7) is 8.32. The number of carbonyl (C=O) groups excluding carboxylic acids is 1. The maximum Gasteiger partial charge on any atom is 0.143 e. The minimum atomic E-state index is -0.183. The normalized spacial score (nSPS) is 40.0. The first kappa shape index (κ1) is 9.32. The van der Waals surface area contributed by atoms with Gasteiger partial charge in [0.15, 0.2) is 0 Å². The Hall–Kier alpha value is -0.240. The standard InChI is InChI=1S/C11H16OS/c1-10(2)7-5-6(8(10)12)11(3,4)9(7)13/h6-7H,5H2,1-4H3. The Morgan fingerprint density at radius 2 is 1.69 bits per heavy atom. The first-order valence-electron chi connectivity index (χ1n) is 4.88. The molecule has 0 radical (unpaired) electrons. The summed E-state index contributed by atoms with van der Waals surface area (Å²) in [5.41, 5.74) is -0.204. The molecule has 2 aliphatic rings. The van der Waals surface area contributed by atoms with Crippen LogP contribution in [0.5, 0.6) is 0 Å². The molecule has 72 valence electrons. The number of ketones is 1. The molecule has 0 heterocycles. The van der Waals surface area contributed by atoms with Gasteiger partial charge < -0.3 is 0 Å². The first-order valence-corrected chi connectivity index (χ1v) is 5.29. The molecule has 13 heavy (non-hydrogen) atoms. The van der Waals surface area contributed by atoms with Gasteiger partial charge in [-0.2, -0.15) is 0 Å². The van der Waals surface area contributed by atoms with Crippen molar-refractivity contribution in [3.8, 4) is 0 Å². The quantitative estimate of drug-likeness (QED) is 0.554. The van der Waals surface area contributed by atoms with Crippen LogP contribution in [0, 0.1) is 22.7 Å². The molecule has 0 aromatic heterocycles. The highest BCUT2D eigenvalue weighted by Crippen LogP contribution is 2.59. The van der Waals surface area contributed by atoms with Crippen LogP contribution >= 0.6 is 12.2 Å². The summed E-state index contributed by atoms with van der Waals surface area (Å²) in [5, 5.41) is 0. The minimum absolute atomic E-state index is 0.0212. The van der Waals surface area contributed by atoms with E-state index in [0.29, 0.717) is 11.7 Å². The van der Waals surface area contributed by atoms with E-state index in [9.17, 15) is 4.79 Å². The molecule has 2 atom stereocenters. The van der Waals surface area contributed by atoms with Crippen LogP contribution in [-0.2, 0) is 4.79 Å². The molecular weight excluding hydrogens is 180 g/mol. The van der Waals surface area contributed by atoms with E-state index in [1.165, 1.54) is 0 Å². The SMILES string of the molecule is CC1(C)C(=O)C2CC1C(=S)C2(C)C. The Bertz CT molecular complexity index is 271. The van der Waals surface area contributed by atoms with E-state index in [1.807, 2.05) is 13.8 Å². The highest BCUT2D eigenvalue weighted by Gasteiger charge is 2.62. The van der Waals surface area contributed by atoms with E-state index in [1.54, 1.807) is 0 Å². The van der Waals surface area contributed by atoms with Crippen molar-refractivity contribution in [1.29, 1.82) is 0 Å². The molecule has 0 aliphatic heterocycles. The fourth-order valence-electron chi connectivity index (χ4n) is 2.94. The summed E-state index contributed by atoms with van der Waals surface area (Å²) in [6.07, 6.45) is 0.998. The van der Waals surface area contributed by atoms with Crippen molar-refractivity contribution < 1.29 is 4.79 Å². The largest absolute Gasteiger partial charge is 0.299 e. The van der Waals surface area contributed by atoms with Gasteiger partial charge in [-0.05, 0) is 6.42 Å². The zero-order valence-electron chi connectivity index (χ0n) is 8.68.